The standard InChI is InChI=1S/C7H3FN2O2/c8-6-4(2-9)1-5(3-10-6)7(11)12/h1,3H,(H,11,12). The van der Waals surface area contributed by atoms with Crippen LogP contribution < -0.4 is 0 Å². The average Bonchev–Trinajstić information content (AvgIpc) is 2.05. The number of carboxylic acids is 1. The van der Waals surface area contributed by atoms with Crippen molar-refractivity contribution >= 4 is 5.97 Å². The molecule has 0 aromatic carbocycles. The van der Waals surface area contributed by atoms with Crippen molar-refractivity contribution in [2.45, 2.75) is 0 Å². The molecule has 0 saturated heterocycles. The molecule has 1 N–H and O–H groups in total. The SMILES string of the molecule is N#Cc1cc(C(=O)O)cnc1F. The van der Waals surface area contributed by atoms with Crippen molar-refractivity contribution in [2.24, 2.45) is 0 Å². The number of nitrogens with zero attached hydrogens (tertiary/aromatic N) is 2. The van der Waals surface area contributed by atoms with E-state index in [1.807, 2.05) is 0 Å². The van der Waals surface area contributed by atoms with Crippen LogP contribution in [0.25, 0.3) is 0 Å². The molecule has 4 nitrogen and oxygen atoms in total. The predicted molar refractivity (Wildman–Crippen MR) is 35.9 cm³/mol. The van der Waals surface area contributed by atoms with Gasteiger partial charge in [-0.2, -0.15) is 9.65 Å². The van der Waals surface area contributed by atoms with Crippen LogP contribution >= 0.6 is 0 Å². The number of nitriles is 1. The van der Waals surface area contributed by atoms with E-state index in [1.165, 1.54) is 6.07 Å². The first-order valence-corrected chi connectivity index (χ1v) is 2.94. The lowest BCUT2D eigenvalue weighted by Gasteiger charge is -1.94. The summed E-state index contributed by atoms with van der Waals surface area (Å²) in [5.74, 6) is -2.19. The zero-order chi connectivity index (χ0) is 9.14. The van der Waals surface area contributed by atoms with Crippen LogP contribution in [0.15, 0.2) is 12.3 Å². The molecule has 0 bridgehead atoms. The van der Waals surface area contributed by atoms with Gasteiger partial charge < -0.3 is 5.11 Å². The second-order valence-corrected chi connectivity index (χ2v) is 1.98. The summed E-state index contributed by atoms with van der Waals surface area (Å²) in [5.41, 5.74) is -0.567. The smallest absolute Gasteiger partial charge is 0.337 e. The lowest BCUT2D eigenvalue weighted by molar-refractivity contribution is 0.0696. The Morgan fingerprint density at radius 3 is 2.92 bits per heavy atom. The van der Waals surface area contributed by atoms with E-state index in [2.05, 4.69) is 4.98 Å². The number of halogens is 1. The first-order valence-electron chi connectivity index (χ1n) is 2.94. The molecule has 0 aliphatic carbocycles. The Balaban J connectivity index is 3.25. The van der Waals surface area contributed by atoms with E-state index in [0.717, 1.165) is 12.3 Å². The van der Waals surface area contributed by atoms with E-state index < -0.39 is 11.9 Å². The minimum Gasteiger partial charge on any atom is -0.478 e. The van der Waals surface area contributed by atoms with Crippen molar-refractivity contribution < 1.29 is 14.3 Å². The molecule has 0 atom stereocenters. The van der Waals surface area contributed by atoms with Gasteiger partial charge >= 0.3 is 5.97 Å². The first-order chi connectivity index (χ1) is 5.65. The molecule has 1 rings (SSSR count). The highest BCUT2D eigenvalue weighted by atomic mass is 19.1. The number of hydrogen-bond acceptors (Lipinski definition) is 3. The minimum absolute atomic E-state index is 0.201. The van der Waals surface area contributed by atoms with Gasteiger partial charge in [0.05, 0.1) is 5.56 Å². The molecule has 0 fully saturated rings. The molecule has 1 aromatic rings. The van der Waals surface area contributed by atoms with Crippen LogP contribution in [-0.4, -0.2) is 16.1 Å². The van der Waals surface area contributed by atoms with Crippen molar-refractivity contribution in [2.75, 3.05) is 0 Å². The lowest BCUT2D eigenvalue weighted by Crippen LogP contribution is -2.00. The number of aromatic nitrogens is 1. The Kier molecular flexibility index (Phi) is 2.01. The second-order valence-electron chi connectivity index (χ2n) is 1.98. The van der Waals surface area contributed by atoms with Crippen molar-refractivity contribution in [3.05, 3.63) is 29.3 Å². The maximum absolute atomic E-state index is 12.5. The van der Waals surface area contributed by atoms with E-state index in [1.54, 1.807) is 0 Å². The molecule has 60 valence electrons. The number of carboxylic acid groups (broad SMARTS) is 1. The summed E-state index contributed by atoms with van der Waals surface area (Å²) in [6.45, 7) is 0. The third-order valence-electron chi connectivity index (χ3n) is 1.21. The van der Waals surface area contributed by atoms with Crippen LogP contribution in [0.3, 0.4) is 0 Å². The summed E-state index contributed by atoms with van der Waals surface area (Å²) in [6.07, 6.45) is 0.860. The highest BCUT2D eigenvalue weighted by molar-refractivity contribution is 5.87. The average molecular weight is 166 g/mol. The normalized spacial score (nSPS) is 9.00. The Bertz CT molecular complexity index is 370. The molecular formula is C7H3FN2O2. The van der Waals surface area contributed by atoms with Gasteiger partial charge in [0.15, 0.2) is 0 Å². The summed E-state index contributed by atoms with van der Waals surface area (Å²) >= 11 is 0. The number of carbonyl (C=O) groups is 1. The highest BCUT2D eigenvalue weighted by Gasteiger charge is 2.08. The van der Waals surface area contributed by atoms with Gasteiger partial charge in [-0.3, -0.25) is 0 Å². The summed E-state index contributed by atoms with van der Waals surface area (Å²) in [6, 6.07) is 2.42. The molecule has 0 saturated carbocycles. The van der Waals surface area contributed by atoms with Gasteiger partial charge in [0, 0.05) is 6.20 Å². The van der Waals surface area contributed by atoms with Crippen LogP contribution in [0.1, 0.15) is 15.9 Å². The quantitative estimate of drug-likeness (QED) is 0.626. The molecule has 1 aromatic heterocycles. The monoisotopic (exact) mass is 166 g/mol. The molecule has 1 heterocycles. The van der Waals surface area contributed by atoms with Crippen LogP contribution in [0.2, 0.25) is 0 Å². The summed E-state index contributed by atoms with van der Waals surface area (Å²) in [7, 11) is 0. The Hall–Kier alpha value is -1.96. The van der Waals surface area contributed by atoms with E-state index >= 15 is 0 Å². The third kappa shape index (κ3) is 1.37. The van der Waals surface area contributed by atoms with E-state index in [-0.39, 0.29) is 11.1 Å². The number of hydrogen-bond donors (Lipinski definition) is 1. The fraction of sp³-hybridized carbons (Fsp3) is 0. The highest BCUT2D eigenvalue weighted by Crippen LogP contribution is 2.05. The van der Waals surface area contributed by atoms with Gasteiger partial charge in [-0.1, -0.05) is 0 Å². The maximum Gasteiger partial charge on any atom is 0.337 e. The van der Waals surface area contributed by atoms with Gasteiger partial charge in [0.25, 0.3) is 0 Å². The Labute approximate surface area is 66.9 Å². The van der Waals surface area contributed by atoms with Crippen molar-refractivity contribution in [3.8, 4) is 6.07 Å². The summed E-state index contributed by atoms with van der Waals surface area (Å²) in [4.78, 5) is 13.4. The molecule has 5 heteroatoms. The number of pyridine rings is 1. The molecule has 12 heavy (non-hydrogen) atoms. The van der Waals surface area contributed by atoms with Gasteiger partial charge in [-0.15, -0.1) is 0 Å². The summed E-state index contributed by atoms with van der Waals surface area (Å²) < 4.78 is 12.5. The van der Waals surface area contributed by atoms with E-state index in [9.17, 15) is 9.18 Å². The van der Waals surface area contributed by atoms with Gasteiger partial charge in [0.1, 0.15) is 11.6 Å². The van der Waals surface area contributed by atoms with Crippen LogP contribution in [0.5, 0.6) is 0 Å². The number of aromatic carboxylic acids is 1. The lowest BCUT2D eigenvalue weighted by atomic mass is 10.2. The maximum atomic E-state index is 12.5. The first kappa shape index (κ1) is 8.14. The van der Waals surface area contributed by atoms with Crippen molar-refractivity contribution in [3.63, 3.8) is 0 Å². The number of rotatable bonds is 1. The predicted octanol–water partition coefficient (Wildman–Crippen LogP) is 0.791. The van der Waals surface area contributed by atoms with Gasteiger partial charge in [0.2, 0.25) is 5.95 Å². The Morgan fingerprint density at radius 2 is 2.42 bits per heavy atom. The van der Waals surface area contributed by atoms with Crippen molar-refractivity contribution in [1.82, 2.24) is 4.98 Å². The van der Waals surface area contributed by atoms with E-state index in [0.29, 0.717) is 0 Å². The molecule has 0 spiro atoms. The van der Waals surface area contributed by atoms with Crippen LogP contribution in [0, 0.1) is 17.3 Å². The van der Waals surface area contributed by atoms with Crippen molar-refractivity contribution in [1.29, 1.82) is 5.26 Å². The molecule has 0 radical (unpaired) electrons. The zero-order valence-corrected chi connectivity index (χ0v) is 5.78. The molecule has 0 unspecified atom stereocenters. The largest absolute Gasteiger partial charge is 0.478 e. The zero-order valence-electron chi connectivity index (χ0n) is 5.78. The van der Waals surface area contributed by atoms with Crippen LogP contribution in [-0.2, 0) is 0 Å². The Morgan fingerprint density at radius 1 is 1.75 bits per heavy atom. The summed E-state index contributed by atoms with van der Waals surface area (Å²) in [5, 5.41) is 16.7. The fourth-order valence-corrected chi connectivity index (χ4v) is 0.643. The molecule has 0 aliphatic heterocycles. The topological polar surface area (TPSA) is 74.0 Å². The van der Waals surface area contributed by atoms with Gasteiger partial charge in [-0.25, -0.2) is 9.78 Å². The fourth-order valence-electron chi connectivity index (χ4n) is 0.643. The minimum atomic E-state index is -1.24. The second kappa shape index (κ2) is 2.96. The third-order valence-corrected chi connectivity index (χ3v) is 1.21. The molecule has 0 amide bonds. The van der Waals surface area contributed by atoms with E-state index in [4.69, 9.17) is 10.4 Å². The van der Waals surface area contributed by atoms with Crippen LogP contribution in [0.4, 0.5) is 4.39 Å². The molecule has 0 aliphatic rings. The van der Waals surface area contributed by atoms with Gasteiger partial charge in [-0.05, 0) is 6.07 Å². The molecular weight excluding hydrogens is 163 g/mol.